The Morgan fingerprint density at radius 2 is 1.83 bits per heavy atom. The molecule has 1 aromatic carbocycles. The van der Waals surface area contributed by atoms with Crippen molar-refractivity contribution in [3.05, 3.63) is 33.8 Å². The standard InChI is InChI=1S/C15H20Cl2N4O2/c1-20-6-8-21(9-7-20)5-4-14(22)18-19-15(23)12-10-11(16)2-3-13(12)17/h2-3,10H,4-9H2,1H3,(H,18,22)(H,19,23)/p+2. The van der Waals surface area contributed by atoms with E-state index in [1.807, 2.05) is 0 Å². The summed E-state index contributed by atoms with van der Waals surface area (Å²) in [6, 6.07) is 4.60. The highest BCUT2D eigenvalue weighted by Crippen LogP contribution is 2.20. The molecular formula is C15H22Cl2N4O2+2. The number of hydrogen-bond acceptors (Lipinski definition) is 2. The molecule has 8 heteroatoms. The van der Waals surface area contributed by atoms with Crippen molar-refractivity contribution in [3.8, 4) is 0 Å². The molecule has 1 saturated heterocycles. The average molecular weight is 361 g/mol. The highest BCUT2D eigenvalue weighted by atomic mass is 35.5. The molecule has 126 valence electrons. The van der Waals surface area contributed by atoms with Crippen LogP contribution in [0.2, 0.25) is 10.0 Å². The normalized spacial score (nSPS) is 20.8. The minimum atomic E-state index is -0.485. The number of quaternary nitrogens is 2. The number of piperazine rings is 1. The van der Waals surface area contributed by atoms with Gasteiger partial charge in [-0.05, 0) is 18.2 Å². The molecule has 0 aromatic heterocycles. The number of amides is 2. The van der Waals surface area contributed by atoms with Crippen LogP contribution in [0.1, 0.15) is 16.8 Å². The predicted octanol–water partition coefficient (Wildman–Crippen LogP) is -1.44. The summed E-state index contributed by atoms with van der Waals surface area (Å²) in [6.07, 6.45) is 0.373. The topological polar surface area (TPSA) is 67.1 Å². The van der Waals surface area contributed by atoms with Crippen molar-refractivity contribution < 1.29 is 19.4 Å². The number of benzene rings is 1. The Kier molecular flexibility index (Phi) is 6.65. The number of hydrogen-bond donors (Lipinski definition) is 4. The van der Waals surface area contributed by atoms with Gasteiger partial charge in [-0.15, -0.1) is 0 Å². The molecule has 0 saturated carbocycles. The number of carbonyl (C=O) groups is 2. The molecule has 0 bridgehead atoms. The maximum absolute atomic E-state index is 12.0. The zero-order chi connectivity index (χ0) is 16.8. The smallest absolute Gasteiger partial charge is 0.271 e. The summed E-state index contributed by atoms with van der Waals surface area (Å²) < 4.78 is 0. The fourth-order valence-corrected chi connectivity index (χ4v) is 2.87. The fourth-order valence-electron chi connectivity index (χ4n) is 2.50. The molecule has 0 spiro atoms. The van der Waals surface area contributed by atoms with Gasteiger partial charge in [0.25, 0.3) is 5.91 Å². The Hall–Kier alpha value is -1.34. The average Bonchev–Trinajstić information content (AvgIpc) is 2.54. The van der Waals surface area contributed by atoms with Crippen LogP contribution in [0.15, 0.2) is 18.2 Å². The van der Waals surface area contributed by atoms with E-state index in [4.69, 9.17) is 23.2 Å². The van der Waals surface area contributed by atoms with Gasteiger partial charge in [0.05, 0.1) is 30.6 Å². The van der Waals surface area contributed by atoms with Crippen LogP contribution in [-0.2, 0) is 4.79 Å². The van der Waals surface area contributed by atoms with E-state index in [9.17, 15) is 9.59 Å². The quantitative estimate of drug-likeness (QED) is 0.497. The molecule has 0 aliphatic carbocycles. The third-order valence-electron chi connectivity index (χ3n) is 4.00. The molecule has 1 fully saturated rings. The van der Waals surface area contributed by atoms with Gasteiger partial charge < -0.3 is 9.80 Å². The first kappa shape index (κ1) is 18.0. The maximum Gasteiger partial charge on any atom is 0.271 e. The number of hydrazine groups is 1. The van der Waals surface area contributed by atoms with Crippen molar-refractivity contribution in [1.29, 1.82) is 0 Å². The maximum atomic E-state index is 12.0. The van der Waals surface area contributed by atoms with Crippen LogP contribution in [0.4, 0.5) is 0 Å². The van der Waals surface area contributed by atoms with E-state index >= 15 is 0 Å². The summed E-state index contributed by atoms with van der Waals surface area (Å²) in [5.74, 6) is -0.698. The second-order valence-electron chi connectivity index (χ2n) is 5.83. The van der Waals surface area contributed by atoms with Gasteiger partial charge in [-0.25, -0.2) is 0 Å². The SMILES string of the molecule is C[NH+]1CC[NH+](CCC(=O)NNC(=O)c2cc(Cl)ccc2Cl)CC1. The van der Waals surface area contributed by atoms with E-state index in [0.717, 1.165) is 32.7 Å². The van der Waals surface area contributed by atoms with Crippen LogP contribution < -0.4 is 20.7 Å². The molecule has 4 N–H and O–H groups in total. The van der Waals surface area contributed by atoms with Crippen LogP contribution in [-0.4, -0.2) is 51.6 Å². The summed E-state index contributed by atoms with van der Waals surface area (Å²) >= 11 is 11.8. The molecule has 1 aliphatic heterocycles. The summed E-state index contributed by atoms with van der Waals surface area (Å²) in [5, 5.41) is 0.692. The van der Waals surface area contributed by atoms with Gasteiger partial charge in [0.2, 0.25) is 5.91 Å². The molecule has 2 rings (SSSR count). The summed E-state index contributed by atoms with van der Waals surface area (Å²) in [6.45, 7) is 5.17. The lowest BCUT2D eigenvalue weighted by Gasteiger charge is -2.27. The Balaban J connectivity index is 1.73. The second-order valence-corrected chi connectivity index (χ2v) is 6.68. The number of rotatable bonds is 4. The Bertz CT molecular complexity index is 575. The van der Waals surface area contributed by atoms with Crippen molar-refractivity contribution in [2.75, 3.05) is 39.8 Å². The lowest BCUT2D eigenvalue weighted by atomic mass is 10.2. The van der Waals surface area contributed by atoms with E-state index in [-0.39, 0.29) is 16.5 Å². The molecule has 0 unspecified atom stereocenters. The van der Waals surface area contributed by atoms with Crippen LogP contribution in [0.25, 0.3) is 0 Å². The molecule has 0 radical (unpaired) electrons. The lowest BCUT2D eigenvalue weighted by molar-refractivity contribution is -1.00. The Morgan fingerprint density at radius 1 is 1.13 bits per heavy atom. The van der Waals surface area contributed by atoms with Crippen molar-refractivity contribution >= 4 is 35.0 Å². The summed E-state index contributed by atoms with van der Waals surface area (Å²) in [4.78, 5) is 26.8. The summed E-state index contributed by atoms with van der Waals surface area (Å²) in [7, 11) is 2.18. The molecule has 0 atom stereocenters. The van der Waals surface area contributed by atoms with Crippen LogP contribution in [0, 0.1) is 0 Å². The highest BCUT2D eigenvalue weighted by Gasteiger charge is 2.20. The first-order chi connectivity index (χ1) is 11.0. The number of carbonyl (C=O) groups excluding carboxylic acids is 2. The molecule has 1 aliphatic rings. The van der Waals surface area contributed by atoms with Crippen molar-refractivity contribution in [1.82, 2.24) is 10.9 Å². The van der Waals surface area contributed by atoms with Crippen molar-refractivity contribution in [3.63, 3.8) is 0 Å². The molecule has 6 nitrogen and oxygen atoms in total. The third-order valence-corrected chi connectivity index (χ3v) is 4.57. The zero-order valence-corrected chi connectivity index (χ0v) is 14.6. The minimum Gasteiger partial charge on any atom is -0.328 e. The van der Waals surface area contributed by atoms with E-state index in [2.05, 4.69) is 17.9 Å². The van der Waals surface area contributed by atoms with Gasteiger partial charge in [-0.2, -0.15) is 0 Å². The van der Waals surface area contributed by atoms with Crippen LogP contribution in [0.5, 0.6) is 0 Å². The van der Waals surface area contributed by atoms with Crippen molar-refractivity contribution in [2.24, 2.45) is 0 Å². The van der Waals surface area contributed by atoms with Crippen molar-refractivity contribution in [2.45, 2.75) is 6.42 Å². The first-order valence-corrected chi connectivity index (χ1v) is 8.40. The van der Waals surface area contributed by atoms with E-state index in [1.165, 1.54) is 15.9 Å². The van der Waals surface area contributed by atoms with E-state index in [1.54, 1.807) is 12.1 Å². The predicted molar refractivity (Wildman–Crippen MR) is 88.9 cm³/mol. The van der Waals surface area contributed by atoms with Crippen LogP contribution in [0.3, 0.4) is 0 Å². The molecule has 23 heavy (non-hydrogen) atoms. The fraction of sp³-hybridized carbons (Fsp3) is 0.467. The van der Waals surface area contributed by atoms with E-state index in [0.29, 0.717) is 11.4 Å². The first-order valence-electron chi connectivity index (χ1n) is 7.65. The van der Waals surface area contributed by atoms with Gasteiger partial charge in [-0.3, -0.25) is 20.4 Å². The van der Waals surface area contributed by atoms with Gasteiger partial charge in [-0.1, -0.05) is 23.2 Å². The highest BCUT2D eigenvalue weighted by molar-refractivity contribution is 6.35. The molecule has 2 amide bonds. The van der Waals surface area contributed by atoms with Gasteiger partial charge in [0.15, 0.2) is 0 Å². The molecule has 1 heterocycles. The zero-order valence-electron chi connectivity index (χ0n) is 13.0. The van der Waals surface area contributed by atoms with Gasteiger partial charge >= 0.3 is 0 Å². The molecular weight excluding hydrogens is 339 g/mol. The molecule has 1 aromatic rings. The largest absolute Gasteiger partial charge is 0.328 e. The second kappa shape index (κ2) is 8.49. The number of likely N-dealkylation sites (N-methyl/N-ethyl adjacent to an activating group) is 1. The Morgan fingerprint density at radius 3 is 2.52 bits per heavy atom. The third kappa shape index (κ3) is 5.66. The van der Waals surface area contributed by atoms with Gasteiger partial charge in [0, 0.05) is 5.02 Å². The summed E-state index contributed by atoms with van der Waals surface area (Å²) in [5.41, 5.74) is 5.01. The number of nitrogens with one attached hydrogen (secondary N) is 4. The lowest BCUT2D eigenvalue weighted by Crippen LogP contribution is -3.27. The monoisotopic (exact) mass is 360 g/mol. The Labute approximate surface area is 145 Å². The number of halogens is 2. The van der Waals surface area contributed by atoms with E-state index < -0.39 is 5.91 Å². The van der Waals surface area contributed by atoms with Gasteiger partial charge in [0.1, 0.15) is 26.2 Å². The minimum absolute atomic E-state index is 0.213. The van der Waals surface area contributed by atoms with Crippen LogP contribution >= 0.6 is 23.2 Å².